The van der Waals surface area contributed by atoms with E-state index in [1.54, 1.807) is 14.0 Å². The second-order valence-electron chi connectivity index (χ2n) is 5.45. The first-order valence-electron chi connectivity index (χ1n) is 7.27. The standard InChI is InChI=1S/C16H22F2N2O3/c1-10(9-19)20(2)16(22)12(7-15(21)23-3)6-11-4-5-13(17)8-14(11)18/h4-5,8,10,12H,6-7,9,19H2,1-3H3/t10-,12+/m0/s1. The van der Waals surface area contributed by atoms with Gasteiger partial charge in [0, 0.05) is 25.7 Å². The molecule has 0 aromatic heterocycles. The number of hydrogen-bond acceptors (Lipinski definition) is 4. The van der Waals surface area contributed by atoms with E-state index in [9.17, 15) is 18.4 Å². The van der Waals surface area contributed by atoms with Crippen LogP contribution in [0, 0.1) is 17.6 Å². The molecule has 1 amide bonds. The minimum Gasteiger partial charge on any atom is -0.469 e. The van der Waals surface area contributed by atoms with E-state index in [0.717, 1.165) is 12.1 Å². The van der Waals surface area contributed by atoms with Crippen LogP contribution in [0.4, 0.5) is 8.78 Å². The second-order valence-corrected chi connectivity index (χ2v) is 5.45. The summed E-state index contributed by atoms with van der Waals surface area (Å²) in [5.74, 6) is -3.16. The van der Waals surface area contributed by atoms with Crippen LogP contribution >= 0.6 is 0 Å². The summed E-state index contributed by atoms with van der Waals surface area (Å²) in [6.07, 6.45) is -0.213. The van der Waals surface area contributed by atoms with Gasteiger partial charge in [-0.2, -0.15) is 0 Å². The fraction of sp³-hybridized carbons (Fsp3) is 0.500. The minimum atomic E-state index is -0.804. The number of methoxy groups -OCH3 is 1. The van der Waals surface area contributed by atoms with Crippen molar-refractivity contribution in [1.82, 2.24) is 4.90 Å². The topological polar surface area (TPSA) is 72.6 Å². The van der Waals surface area contributed by atoms with Crippen LogP contribution in [0.5, 0.6) is 0 Å². The monoisotopic (exact) mass is 328 g/mol. The van der Waals surface area contributed by atoms with E-state index in [1.807, 2.05) is 0 Å². The number of benzene rings is 1. The van der Waals surface area contributed by atoms with Gasteiger partial charge in [-0.3, -0.25) is 9.59 Å². The van der Waals surface area contributed by atoms with E-state index in [1.165, 1.54) is 18.1 Å². The average Bonchev–Trinajstić information content (AvgIpc) is 2.54. The van der Waals surface area contributed by atoms with Crippen molar-refractivity contribution >= 4 is 11.9 Å². The normalized spacial score (nSPS) is 13.3. The van der Waals surface area contributed by atoms with Crippen molar-refractivity contribution in [3.8, 4) is 0 Å². The third-order valence-corrected chi connectivity index (χ3v) is 3.82. The smallest absolute Gasteiger partial charge is 0.306 e. The number of nitrogens with two attached hydrogens (primary N) is 1. The zero-order valence-corrected chi connectivity index (χ0v) is 13.5. The number of nitrogens with zero attached hydrogens (tertiary/aromatic N) is 1. The molecule has 23 heavy (non-hydrogen) atoms. The third kappa shape index (κ3) is 5.28. The molecule has 0 heterocycles. The van der Waals surface area contributed by atoms with Crippen molar-refractivity contribution in [2.45, 2.75) is 25.8 Å². The number of ether oxygens (including phenoxy) is 1. The number of esters is 1. The molecule has 1 aromatic carbocycles. The van der Waals surface area contributed by atoms with E-state index in [4.69, 9.17) is 5.73 Å². The minimum absolute atomic E-state index is 0.0261. The predicted octanol–water partition coefficient (Wildman–Crippen LogP) is 1.49. The first kappa shape index (κ1) is 19.0. The average molecular weight is 328 g/mol. The molecule has 0 spiro atoms. The van der Waals surface area contributed by atoms with Crippen LogP contribution in [0.25, 0.3) is 0 Å². The van der Waals surface area contributed by atoms with Crippen LogP contribution < -0.4 is 5.73 Å². The van der Waals surface area contributed by atoms with E-state index in [-0.39, 0.29) is 36.9 Å². The third-order valence-electron chi connectivity index (χ3n) is 3.82. The molecule has 0 saturated carbocycles. The lowest BCUT2D eigenvalue weighted by Gasteiger charge is -2.28. The van der Waals surface area contributed by atoms with Gasteiger partial charge < -0.3 is 15.4 Å². The molecule has 1 aromatic rings. The molecule has 0 radical (unpaired) electrons. The van der Waals surface area contributed by atoms with Gasteiger partial charge in [0.05, 0.1) is 19.4 Å². The van der Waals surface area contributed by atoms with Gasteiger partial charge in [-0.25, -0.2) is 8.78 Å². The maximum Gasteiger partial charge on any atom is 0.306 e. The molecule has 0 aliphatic heterocycles. The van der Waals surface area contributed by atoms with Gasteiger partial charge >= 0.3 is 5.97 Å². The summed E-state index contributed by atoms with van der Waals surface area (Å²) in [4.78, 5) is 25.5. The molecule has 1 rings (SSSR count). The Morgan fingerprint density at radius 1 is 1.35 bits per heavy atom. The van der Waals surface area contributed by atoms with Crippen molar-refractivity contribution in [1.29, 1.82) is 0 Å². The van der Waals surface area contributed by atoms with E-state index < -0.39 is 23.5 Å². The van der Waals surface area contributed by atoms with Crippen LogP contribution in [0.15, 0.2) is 18.2 Å². The van der Waals surface area contributed by atoms with Gasteiger partial charge in [-0.1, -0.05) is 6.07 Å². The maximum absolute atomic E-state index is 13.8. The molecule has 0 aliphatic carbocycles. The maximum atomic E-state index is 13.8. The van der Waals surface area contributed by atoms with Crippen LogP contribution in [0.1, 0.15) is 18.9 Å². The van der Waals surface area contributed by atoms with Crippen LogP contribution in [-0.2, 0) is 20.7 Å². The fourth-order valence-corrected chi connectivity index (χ4v) is 2.15. The first-order valence-corrected chi connectivity index (χ1v) is 7.27. The van der Waals surface area contributed by atoms with Crippen molar-refractivity contribution < 1.29 is 23.1 Å². The molecule has 128 valence electrons. The number of halogens is 2. The van der Waals surface area contributed by atoms with Gasteiger partial charge in [-0.05, 0) is 25.0 Å². The lowest BCUT2D eigenvalue weighted by atomic mass is 9.94. The summed E-state index contributed by atoms with van der Waals surface area (Å²) in [5.41, 5.74) is 5.71. The largest absolute Gasteiger partial charge is 0.469 e. The molecular formula is C16H22F2N2O3. The highest BCUT2D eigenvalue weighted by atomic mass is 19.1. The number of amides is 1. The molecule has 7 heteroatoms. The molecule has 0 aliphatic rings. The second kappa shape index (κ2) is 8.57. The van der Waals surface area contributed by atoms with Crippen LogP contribution in [-0.4, -0.2) is 43.5 Å². The quantitative estimate of drug-likeness (QED) is 0.770. The fourth-order valence-electron chi connectivity index (χ4n) is 2.15. The predicted molar refractivity (Wildman–Crippen MR) is 81.5 cm³/mol. The molecule has 0 bridgehead atoms. The summed E-state index contributed by atoms with van der Waals surface area (Å²) in [5, 5.41) is 0. The van der Waals surface area contributed by atoms with E-state index in [2.05, 4.69) is 4.74 Å². The zero-order chi connectivity index (χ0) is 17.6. The lowest BCUT2D eigenvalue weighted by Crippen LogP contribution is -2.44. The van der Waals surface area contributed by atoms with Crippen LogP contribution in [0.2, 0.25) is 0 Å². The summed E-state index contributed by atoms with van der Waals surface area (Å²) in [7, 11) is 2.79. The summed E-state index contributed by atoms with van der Waals surface area (Å²) in [6, 6.07) is 2.92. The SMILES string of the molecule is COC(=O)C[C@@H](Cc1ccc(F)cc1F)C(=O)N(C)[C@@H](C)CN. The van der Waals surface area contributed by atoms with Gasteiger partial charge in [-0.15, -0.1) is 0 Å². The Morgan fingerprint density at radius 3 is 2.52 bits per heavy atom. The Hall–Kier alpha value is -2.02. The van der Waals surface area contributed by atoms with Crippen molar-refractivity contribution in [2.24, 2.45) is 11.7 Å². The molecule has 0 fully saturated rings. The number of rotatable bonds is 7. The number of likely N-dealkylation sites (N-methyl/N-ethyl adjacent to an activating group) is 1. The van der Waals surface area contributed by atoms with Crippen molar-refractivity contribution in [2.75, 3.05) is 20.7 Å². The van der Waals surface area contributed by atoms with Gasteiger partial charge in [0.25, 0.3) is 0 Å². The van der Waals surface area contributed by atoms with Gasteiger partial charge in [0.1, 0.15) is 11.6 Å². The highest BCUT2D eigenvalue weighted by Gasteiger charge is 2.28. The number of hydrogen-bond donors (Lipinski definition) is 1. The summed E-state index contributed by atoms with van der Waals surface area (Å²) in [6.45, 7) is 2.03. The van der Waals surface area contributed by atoms with Crippen molar-refractivity contribution in [3.63, 3.8) is 0 Å². The Morgan fingerprint density at radius 2 is 2.00 bits per heavy atom. The first-order chi connectivity index (χ1) is 10.8. The molecule has 2 N–H and O–H groups in total. The highest BCUT2D eigenvalue weighted by molar-refractivity contribution is 5.84. The highest BCUT2D eigenvalue weighted by Crippen LogP contribution is 2.20. The van der Waals surface area contributed by atoms with E-state index in [0.29, 0.717) is 0 Å². The number of carbonyl (C=O) groups is 2. The Balaban J connectivity index is 3.00. The lowest BCUT2D eigenvalue weighted by molar-refractivity contribution is -0.147. The van der Waals surface area contributed by atoms with Crippen molar-refractivity contribution in [3.05, 3.63) is 35.4 Å². The molecule has 2 atom stereocenters. The van der Waals surface area contributed by atoms with E-state index >= 15 is 0 Å². The molecule has 0 unspecified atom stereocenters. The number of carbonyl (C=O) groups excluding carboxylic acids is 2. The summed E-state index contributed by atoms with van der Waals surface area (Å²) >= 11 is 0. The molecule has 5 nitrogen and oxygen atoms in total. The Kier molecular flexibility index (Phi) is 7.09. The summed E-state index contributed by atoms with van der Waals surface area (Å²) < 4.78 is 31.4. The Labute approximate surface area is 134 Å². The van der Waals surface area contributed by atoms with Crippen LogP contribution in [0.3, 0.4) is 0 Å². The van der Waals surface area contributed by atoms with Gasteiger partial charge in [0.15, 0.2) is 0 Å². The zero-order valence-electron chi connectivity index (χ0n) is 13.5. The van der Waals surface area contributed by atoms with Gasteiger partial charge in [0.2, 0.25) is 5.91 Å². The molecule has 0 saturated heterocycles. The molecular weight excluding hydrogens is 306 g/mol. The Bertz CT molecular complexity index is 566.